The highest BCUT2D eigenvalue weighted by molar-refractivity contribution is 5.86. The monoisotopic (exact) mass is 158 g/mol. The predicted molar refractivity (Wildman–Crippen MR) is 42.4 cm³/mol. The van der Waals surface area contributed by atoms with Gasteiger partial charge >= 0.3 is 5.97 Å². The lowest BCUT2D eigenvalue weighted by molar-refractivity contribution is -0.134. The maximum absolute atomic E-state index is 10.4. The van der Waals surface area contributed by atoms with Crippen LogP contribution in [0.3, 0.4) is 0 Å². The molecule has 0 saturated carbocycles. The quantitative estimate of drug-likeness (QED) is 0.627. The number of carboxylic acids is 1. The fourth-order valence-corrected chi connectivity index (χ4v) is 0.938. The summed E-state index contributed by atoms with van der Waals surface area (Å²) in [7, 11) is 1.48. The minimum Gasteiger partial charge on any atom is -0.478 e. The SMILES string of the molecule is C=C(C(=O)O)[C@H](OC)C(C)C. The van der Waals surface area contributed by atoms with Gasteiger partial charge in [0.1, 0.15) is 0 Å². The number of ether oxygens (including phenoxy) is 1. The van der Waals surface area contributed by atoms with E-state index in [0.717, 1.165) is 0 Å². The van der Waals surface area contributed by atoms with Gasteiger partial charge in [0, 0.05) is 7.11 Å². The molecule has 11 heavy (non-hydrogen) atoms. The topological polar surface area (TPSA) is 46.5 Å². The molecule has 0 aromatic carbocycles. The molecule has 0 unspecified atom stereocenters. The normalized spacial score (nSPS) is 13.1. The van der Waals surface area contributed by atoms with Crippen LogP contribution in [-0.2, 0) is 9.53 Å². The molecule has 0 heterocycles. The van der Waals surface area contributed by atoms with Gasteiger partial charge < -0.3 is 9.84 Å². The van der Waals surface area contributed by atoms with Crippen LogP contribution in [0.2, 0.25) is 0 Å². The Labute approximate surface area is 66.7 Å². The number of aliphatic carboxylic acids is 1. The number of hydrogen-bond donors (Lipinski definition) is 1. The second kappa shape index (κ2) is 4.13. The Balaban J connectivity index is 4.26. The average Bonchev–Trinajstić information content (AvgIpc) is 1.88. The van der Waals surface area contributed by atoms with Gasteiger partial charge in [-0.05, 0) is 5.92 Å². The Morgan fingerprint density at radius 3 is 2.09 bits per heavy atom. The molecule has 0 amide bonds. The van der Waals surface area contributed by atoms with Crippen LogP contribution in [0.5, 0.6) is 0 Å². The predicted octanol–water partition coefficient (Wildman–Crippen LogP) is 1.30. The third-order valence-electron chi connectivity index (χ3n) is 1.48. The smallest absolute Gasteiger partial charge is 0.333 e. The summed E-state index contributed by atoms with van der Waals surface area (Å²) in [5, 5.41) is 8.55. The van der Waals surface area contributed by atoms with E-state index in [-0.39, 0.29) is 17.6 Å². The number of methoxy groups -OCH3 is 1. The Morgan fingerprint density at radius 1 is 1.55 bits per heavy atom. The van der Waals surface area contributed by atoms with E-state index in [9.17, 15) is 4.79 Å². The molecule has 0 radical (unpaired) electrons. The van der Waals surface area contributed by atoms with Crippen LogP contribution in [0.4, 0.5) is 0 Å². The lowest BCUT2D eigenvalue weighted by atomic mass is 10.0. The summed E-state index contributed by atoms with van der Waals surface area (Å²) in [4.78, 5) is 10.4. The molecule has 0 spiro atoms. The van der Waals surface area contributed by atoms with E-state index in [1.807, 2.05) is 13.8 Å². The zero-order chi connectivity index (χ0) is 9.02. The van der Waals surface area contributed by atoms with Crippen LogP contribution >= 0.6 is 0 Å². The minimum absolute atomic E-state index is 0.113. The third-order valence-corrected chi connectivity index (χ3v) is 1.48. The lowest BCUT2D eigenvalue weighted by Gasteiger charge is -2.18. The summed E-state index contributed by atoms with van der Waals surface area (Å²) < 4.78 is 4.95. The Morgan fingerprint density at radius 2 is 2.00 bits per heavy atom. The van der Waals surface area contributed by atoms with Crippen molar-refractivity contribution < 1.29 is 14.6 Å². The van der Waals surface area contributed by atoms with Crippen molar-refractivity contribution in [3.63, 3.8) is 0 Å². The van der Waals surface area contributed by atoms with E-state index < -0.39 is 5.97 Å². The van der Waals surface area contributed by atoms with Crippen LogP contribution in [0.15, 0.2) is 12.2 Å². The molecule has 0 aliphatic rings. The van der Waals surface area contributed by atoms with Crippen molar-refractivity contribution in [2.75, 3.05) is 7.11 Å². The van der Waals surface area contributed by atoms with Gasteiger partial charge in [0.25, 0.3) is 0 Å². The molecule has 0 aliphatic carbocycles. The Hall–Kier alpha value is -0.830. The first-order valence-corrected chi connectivity index (χ1v) is 3.45. The summed E-state index contributed by atoms with van der Waals surface area (Å²) in [6.07, 6.45) is -0.382. The molecule has 0 rings (SSSR count). The van der Waals surface area contributed by atoms with Crippen molar-refractivity contribution in [2.45, 2.75) is 20.0 Å². The molecular weight excluding hydrogens is 144 g/mol. The molecule has 0 aromatic rings. The molecule has 1 atom stereocenters. The van der Waals surface area contributed by atoms with Crippen LogP contribution in [-0.4, -0.2) is 24.3 Å². The van der Waals surface area contributed by atoms with Gasteiger partial charge in [0.05, 0.1) is 11.7 Å². The molecule has 0 saturated heterocycles. The van der Waals surface area contributed by atoms with Gasteiger partial charge in [-0.2, -0.15) is 0 Å². The molecule has 1 N–H and O–H groups in total. The van der Waals surface area contributed by atoms with E-state index in [4.69, 9.17) is 9.84 Å². The van der Waals surface area contributed by atoms with Crippen molar-refractivity contribution in [2.24, 2.45) is 5.92 Å². The molecule has 0 aliphatic heterocycles. The number of hydrogen-bond acceptors (Lipinski definition) is 2. The van der Waals surface area contributed by atoms with Gasteiger partial charge in [-0.25, -0.2) is 4.79 Å². The largest absolute Gasteiger partial charge is 0.478 e. The summed E-state index contributed by atoms with van der Waals surface area (Å²) in [5.41, 5.74) is 0.113. The maximum Gasteiger partial charge on any atom is 0.333 e. The van der Waals surface area contributed by atoms with E-state index in [1.165, 1.54) is 7.11 Å². The van der Waals surface area contributed by atoms with Gasteiger partial charge in [-0.3, -0.25) is 0 Å². The number of rotatable bonds is 4. The van der Waals surface area contributed by atoms with Gasteiger partial charge in [0.2, 0.25) is 0 Å². The third kappa shape index (κ3) is 2.72. The standard InChI is InChI=1S/C8H14O3/c1-5(2)7(11-4)6(3)8(9)10/h5,7H,3H2,1-2,4H3,(H,9,10)/t7-/m1/s1. The highest BCUT2D eigenvalue weighted by Crippen LogP contribution is 2.13. The van der Waals surface area contributed by atoms with E-state index in [2.05, 4.69) is 6.58 Å². The number of carbonyl (C=O) groups is 1. The van der Waals surface area contributed by atoms with E-state index in [1.54, 1.807) is 0 Å². The average molecular weight is 158 g/mol. The van der Waals surface area contributed by atoms with Crippen molar-refractivity contribution in [3.05, 3.63) is 12.2 Å². The highest BCUT2D eigenvalue weighted by atomic mass is 16.5. The molecule has 3 nitrogen and oxygen atoms in total. The van der Waals surface area contributed by atoms with Crippen molar-refractivity contribution in [1.82, 2.24) is 0 Å². The summed E-state index contributed by atoms with van der Waals surface area (Å²) in [6, 6.07) is 0. The van der Waals surface area contributed by atoms with Gasteiger partial charge in [-0.15, -0.1) is 0 Å². The zero-order valence-electron chi connectivity index (χ0n) is 7.13. The molecule has 0 bridgehead atoms. The lowest BCUT2D eigenvalue weighted by Crippen LogP contribution is -2.24. The van der Waals surface area contributed by atoms with Crippen molar-refractivity contribution >= 4 is 5.97 Å². The highest BCUT2D eigenvalue weighted by Gasteiger charge is 2.20. The van der Waals surface area contributed by atoms with Gasteiger partial charge in [0.15, 0.2) is 0 Å². The van der Waals surface area contributed by atoms with Crippen LogP contribution in [0, 0.1) is 5.92 Å². The maximum atomic E-state index is 10.4. The van der Waals surface area contributed by atoms with Gasteiger partial charge in [-0.1, -0.05) is 20.4 Å². The summed E-state index contributed by atoms with van der Waals surface area (Å²) in [6.45, 7) is 7.20. The molecule has 0 fully saturated rings. The van der Waals surface area contributed by atoms with E-state index >= 15 is 0 Å². The molecule has 64 valence electrons. The molecule has 3 heteroatoms. The Bertz CT molecular complexity index is 161. The fraction of sp³-hybridized carbons (Fsp3) is 0.625. The minimum atomic E-state index is -0.995. The number of carboxylic acid groups (broad SMARTS) is 1. The first kappa shape index (κ1) is 10.2. The van der Waals surface area contributed by atoms with Crippen LogP contribution in [0.1, 0.15) is 13.8 Å². The summed E-state index contributed by atoms with van der Waals surface area (Å²) in [5.74, 6) is -0.853. The molecular formula is C8H14O3. The fourth-order valence-electron chi connectivity index (χ4n) is 0.938. The van der Waals surface area contributed by atoms with E-state index in [0.29, 0.717) is 0 Å². The second-order valence-electron chi connectivity index (χ2n) is 2.73. The van der Waals surface area contributed by atoms with Crippen LogP contribution < -0.4 is 0 Å². The summed E-state index contributed by atoms with van der Waals surface area (Å²) >= 11 is 0. The second-order valence-corrected chi connectivity index (χ2v) is 2.73. The van der Waals surface area contributed by atoms with Crippen molar-refractivity contribution in [1.29, 1.82) is 0 Å². The molecule has 0 aromatic heterocycles. The zero-order valence-corrected chi connectivity index (χ0v) is 7.13. The first-order chi connectivity index (χ1) is 5.00. The van der Waals surface area contributed by atoms with Crippen LogP contribution in [0.25, 0.3) is 0 Å². The Kier molecular flexibility index (Phi) is 3.82. The van der Waals surface area contributed by atoms with Crippen molar-refractivity contribution in [3.8, 4) is 0 Å². The first-order valence-electron chi connectivity index (χ1n) is 3.45.